The van der Waals surface area contributed by atoms with Crippen LogP contribution in [0.4, 0.5) is 13.2 Å². The number of aryl methyl sites for hydroxylation is 1. The number of hydrogen-bond donors (Lipinski definition) is 0. The Balaban J connectivity index is 1.81. The summed E-state index contributed by atoms with van der Waals surface area (Å²) in [6.45, 7) is 2.68. The summed E-state index contributed by atoms with van der Waals surface area (Å²) in [6.07, 6.45) is 4.88. The molecule has 0 aliphatic heterocycles. The molecule has 3 rings (SSSR count). The lowest BCUT2D eigenvalue weighted by Crippen LogP contribution is -2.40. The molecule has 0 aliphatic carbocycles. The van der Waals surface area contributed by atoms with Crippen LogP contribution in [0.1, 0.15) is 54.0 Å². The topological polar surface area (TPSA) is 29.5 Å². The van der Waals surface area contributed by atoms with Gasteiger partial charge in [0.2, 0.25) is 0 Å². The fraction of sp³-hybridized carbons (Fsp3) is 0.344. The summed E-state index contributed by atoms with van der Waals surface area (Å²) < 4.78 is 43.9. The molecule has 202 valence electrons. The van der Waals surface area contributed by atoms with Gasteiger partial charge in [0.15, 0.2) is 0 Å². The quantitative estimate of drug-likeness (QED) is 0.169. The number of unbranched alkanes of at least 4 members (excludes halogenated alkanes) is 2. The van der Waals surface area contributed by atoms with Crippen LogP contribution in [-0.4, -0.2) is 24.0 Å². The average molecular weight is 524 g/mol. The number of ether oxygens (including phenoxy) is 1. The van der Waals surface area contributed by atoms with Gasteiger partial charge in [0, 0.05) is 13.0 Å². The van der Waals surface area contributed by atoms with E-state index in [4.69, 9.17) is 4.74 Å². The monoisotopic (exact) mass is 523 g/mol. The predicted octanol–water partition coefficient (Wildman–Crippen LogP) is 7.78. The van der Waals surface area contributed by atoms with Crippen LogP contribution in [0.25, 0.3) is 0 Å². The van der Waals surface area contributed by atoms with Crippen molar-refractivity contribution in [1.82, 2.24) is 4.90 Å². The number of rotatable bonds is 13. The maximum atomic E-state index is 12.9. The van der Waals surface area contributed by atoms with Gasteiger partial charge in [-0.25, -0.2) is 4.79 Å². The van der Waals surface area contributed by atoms with Crippen molar-refractivity contribution in [2.24, 2.45) is 0 Å². The Labute approximate surface area is 223 Å². The number of allylic oxidation sites excluding steroid dienone is 1. The minimum atomic E-state index is -4.36. The van der Waals surface area contributed by atoms with E-state index in [9.17, 15) is 18.0 Å². The molecule has 0 heterocycles. The minimum Gasteiger partial charge on any atom is -0.467 e. The Morgan fingerprint density at radius 2 is 1.50 bits per heavy atom. The second-order valence-electron chi connectivity index (χ2n) is 9.46. The first-order valence-electron chi connectivity index (χ1n) is 13.1. The number of methoxy groups -OCH3 is 1. The first-order valence-corrected chi connectivity index (χ1v) is 13.1. The molecule has 0 amide bonds. The number of nitrogens with zero attached hydrogens (tertiary/aromatic N) is 1. The van der Waals surface area contributed by atoms with E-state index in [1.807, 2.05) is 47.5 Å². The molecule has 0 bridgehead atoms. The number of halogens is 3. The van der Waals surface area contributed by atoms with E-state index in [1.165, 1.54) is 37.6 Å². The number of alkyl halides is 3. The van der Waals surface area contributed by atoms with Crippen LogP contribution in [0.15, 0.2) is 91.1 Å². The molecule has 0 saturated heterocycles. The van der Waals surface area contributed by atoms with Crippen molar-refractivity contribution in [1.29, 1.82) is 0 Å². The SMILES string of the molecule is CCCCCc1ccc(CN(C=CCc2ccc(C(F)(F)F)cc2)[C@@H](Cc2ccccc2)C(=O)OC)cc1. The van der Waals surface area contributed by atoms with Gasteiger partial charge < -0.3 is 9.64 Å². The highest BCUT2D eigenvalue weighted by molar-refractivity contribution is 5.76. The van der Waals surface area contributed by atoms with Crippen molar-refractivity contribution >= 4 is 5.97 Å². The summed E-state index contributed by atoms with van der Waals surface area (Å²) in [6, 6.07) is 22.8. The molecule has 6 heteroatoms. The van der Waals surface area contributed by atoms with Crippen molar-refractivity contribution in [3.63, 3.8) is 0 Å². The molecule has 0 aromatic heterocycles. The highest BCUT2D eigenvalue weighted by Gasteiger charge is 2.30. The van der Waals surface area contributed by atoms with Gasteiger partial charge in [-0.15, -0.1) is 0 Å². The Morgan fingerprint density at radius 1 is 0.868 bits per heavy atom. The normalized spacial score (nSPS) is 12.4. The van der Waals surface area contributed by atoms with Gasteiger partial charge in [-0.3, -0.25) is 0 Å². The summed E-state index contributed by atoms with van der Waals surface area (Å²) in [7, 11) is 1.38. The second kappa shape index (κ2) is 14.4. The van der Waals surface area contributed by atoms with Crippen molar-refractivity contribution in [3.05, 3.63) is 119 Å². The molecule has 3 aromatic carbocycles. The third-order valence-corrected chi connectivity index (χ3v) is 6.53. The molecular formula is C32H36F3NO2. The van der Waals surface area contributed by atoms with Gasteiger partial charge >= 0.3 is 12.1 Å². The van der Waals surface area contributed by atoms with Gasteiger partial charge in [-0.1, -0.05) is 92.6 Å². The zero-order valence-electron chi connectivity index (χ0n) is 22.1. The summed E-state index contributed by atoms with van der Waals surface area (Å²) in [4.78, 5) is 14.9. The van der Waals surface area contributed by atoms with Gasteiger partial charge in [0.1, 0.15) is 6.04 Å². The van der Waals surface area contributed by atoms with E-state index in [-0.39, 0.29) is 5.97 Å². The van der Waals surface area contributed by atoms with Crippen molar-refractivity contribution in [2.75, 3.05) is 7.11 Å². The second-order valence-corrected chi connectivity index (χ2v) is 9.46. The van der Waals surface area contributed by atoms with Crippen molar-refractivity contribution in [3.8, 4) is 0 Å². The fourth-order valence-electron chi connectivity index (χ4n) is 4.33. The van der Waals surface area contributed by atoms with Crippen molar-refractivity contribution < 1.29 is 22.7 Å². The summed E-state index contributed by atoms with van der Waals surface area (Å²) in [5.74, 6) is -0.343. The number of benzene rings is 3. The molecule has 3 aromatic rings. The molecule has 0 saturated carbocycles. The van der Waals surface area contributed by atoms with Gasteiger partial charge in [-0.05, 0) is 59.8 Å². The van der Waals surface area contributed by atoms with E-state index >= 15 is 0 Å². The van der Waals surface area contributed by atoms with Crippen LogP contribution in [0.3, 0.4) is 0 Å². The predicted molar refractivity (Wildman–Crippen MR) is 145 cm³/mol. The average Bonchev–Trinajstić information content (AvgIpc) is 2.92. The summed E-state index contributed by atoms with van der Waals surface area (Å²) in [5.41, 5.74) is 3.45. The van der Waals surface area contributed by atoms with Crippen LogP contribution in [0, 0.1) is 0 Å². The molecule has 1 atom stereocenters. The number of hydrogen-bond acceptors (Lipinski definition) is 3. The largest absolute Gasteiger partial charge is 0.467 e. The minimum absolute atomic E-state index is 0.343. The Hall–Kier alpha value is -3.54. The number of carbonyl (C=O) groups is 1. The molecule has 0 spiro atoms. The first kappa shape index (κ1) is 29.0. The summed E-state index contributed by atoms with van der Waals surface area (Å²) in [5, 5.41) is 0. The Kier molecular flexibility index (Phi) is 11.0. The van der Waals surface area contributed by atoms with Gasteiger partial charge in [0.25, 0.3) is 0 Å². The smallest absolute Gasteiger partial charge is 0.416 e. The van der Waals surface area contributed by atoms with E-state index in [1.54, 1.807) is 0 Å². The highest BCUT2D eigenvalue weighted by atomic mass is 19.4. The van der Waals surface area contributed by atoms with Crippen molar-refractivity contribution in [2.45, 2.75) is 64.2 Å². The third kappa shape index (κ3) is 9.09. The standard InChI is InChI=1S/C32H36F3NO2/c1-3-4-6-10-25-14-16-28(17-15-25)24-36(30(31(37)38-2)23-27-11-7-5-8-12-27)22-9-13-26-18-20-29(21-19-26)32(33,34)35/h5,7-9,11-12,14-22,30H,3-4,6,10,13,23-24H2,1-2H3/t30-/m0/s1. The number of esters is 1. The van der Waals surface area contributed by atoms with E-state index in [0.29, 0.717) is 19.4 Å². The van der Waals surface area contributed by atoms with Crippen LogP contribution >= 0.6 is 0 Å². The zero-order chi connectivity index (χ0) is 27.4. The summed E-state index contributed by atoms with van der Waals surface area (Å²) >= 11 is 0. The molecule has 0 aliphatic rings. The Bertz CT molecular complexity index is 1140. The zero-order valence-corrected chi connectivity index (χ0v) is 22.1. The highest BCUT2D eigenvalue weighted by Crippen LogP contribution is 2.29. The van der Waals surface area contributed by atoms with Gasteiger partial charge in [0.05, 0.1) is 12.7 Å². The molecule has 3 nitrogen and oxygen atoms in total. The van der Waals surface area contributed by atoms with Crippen LogP contribution in [0.2, 0.25) is 0 Å². The van der Waals surface area contributed by atoms with E-state index in [0.717, 1.165) is 41.7 Å². The molecule has 38 heavy (non-hydrogen) atoms. The molecule has 0 N–H and O–H groups in total. The molecule has 0 fully saturated rings. The van der Waals surface area contributed by atoms with E-state index < -0.39 is 17.8 Å². The maximum absolute atomic E-state index is 12.9. The maximum Gasteiger partial charge on any atom is 0.416 e. The lowest BCUT2D eigenvalue weighted by atomic mass is 10.0. The van der Waals surface area contributed by atoms with E-state index in [2.05, 4.69) is 31.2 Å². The lowest BCUT2D eigenvalue weighted by molar-refractivity contribution is -0.146. The van der Waals surface area contributed by atoms with Crippen LogP contribution in [0.5, 0.6) is 0 Å². The van der Waals surface area contributed by atoms with Gasteiger partial charge in [-0.2, -0.15) is 13.2 Å². The molecular weight excluding hydrogens is 487 g/mol. The third-order valence-electron chi connectivity index (χ3n) is 6.53. The molecule has 0 unspecified atom stereocenters. The molecule has 0 radical (unpaired) electrons. The number of carbonyl (C=O) groups excluding carboxylic acids is 1. The van der Waals surface area contributed by atoms with Crippen LogP contribution in [-0.2, 0) is 41.5 Å². The van der Waals surface area contributed by atoms with Crippen LogP contribution < -0.4 is 0 Å². The Morgan fingerprint density at radius 3 is 2.11 bits per heavy atom. The lowest BCUT2D eigenvalue weighted by Gasteiger charge is -2.29. The first-order chi connectivity index (χ1) is 18.3. The fourth-order valence-corrected chi connectivity index (χ4v) is 4.33.